The van der Waals surface area contributed by atoms with Crippen LogP contribution < -0.4 is 5.32 Å². The third-order valence-electron chi connectivity index (χ3n) is 6.78. The van der Waals surface area contributed by atoms with Crippen LogP contribution in [0, 0.1) is 0 Å². The molecular weight excluding hydrogens is 468 g/mol. The fourth-order valence-corrected chi connectivity index (χ4v) is 5.27. The van der Waals surface area contributed by atoms with E-state index in [1.807, 2.05) is 110 Å². The highest BCUT2D eigenvalue weighted by atomic mass is 35.5. The summed E-state index contributed by atoms with van der Waals surface area (Å²) in [5, 5.41) is 5.32. The molecule has 5 rings (SSSR count). The Kier molecular flexibility index (Phi) is 6.53. The van der Waals surface area contributed by atoms with Gasteiger partial charge in [-0.3, -0.25) is 4.79 Å². The van der Waals surface area contributed by atoms with Crippen molar-refractivity contribution in [3.8, 4) is 0 Å². The van der Waals surface area contributed by atoms with Gasteiger partial charge in [0, 0.05) is 40.4 Å². The van der Waals surface area contributed by atoms with E-state index in [1.165, 1.54) is 7.11 Å². The maximum absolute atomic E-state index is 14.3. The van der Waals surface area contributed by atoms with Crippen molar-refractivity contribution in [2.45, 2.75) is 11.5 Å². The minimum absolute atomic E-state index is 0.347. The topological polar surface area (TPSA) is 43.3 Å². The van der Waals surface area contributed by atoms with Crippen molar-refractivity contribution in [2.24, 2.45) is 7.05 Å². The number of fused-ring (bicyclic) bond motifs is 1. The number of halogens is 1. The number of benzene rings is 4. The average molecular weight is 495 g/mol. The van der Waals surface area contributed by atoms with Gasteiger partial charge in [-0.25, -0.2) is 0 Å². The molecule has 0 fully saturated rings. The van der Waals surface area contributed by atoms with Crippen LogP contribution in [-0.2, 0) is 22.0 Å². The SMILES string of the molecule is COC(=O)C(c1ccccc1)(c1cn(C)c2ccccc12)C(Nc1ccc(Cl)cc1)c1ccccc1. The number of aryl methyl sites for hydroxylation is 1. The molecule has 0 aliphatic rings. The summed E-state index contributed by atoms with van der Waals surface area (Å²) in [4.78, 5) is 14.3. The summed E-state index contributed by atoms with van der Waals surface area (Å²) in [7, 11) is 3.46. The Bertz CT molecular complexity index is 1480. The first-order valence-electron chi connectivity index (χ1n) is 11.8. The van der Waals surface area contributed by atoms with Crippen LogP contribution in [0.5, 0.6) is 0 Å². The molecule has 0 aliphatic carbocycles. The number of methoxy groups -OCH3 is 1. The maximum atomic E-state index is 14.3. The van der Waals surface area contributed by atoms with Crippen molar-refractivity contribution in [2.75, 3.05) is 12.4 Å². The van der Waals surface area contributed by atoms with Crippen LogP contribution in [0.1, 0.15) is 22.7 Å². The molecule has 36 heavy (non-hydrogen) atoms. The predicted molar refractivity (Wildman–Crippen MR) is 146 cm³/mol. The third kappa shape index (κ3) is 4.04. The minimum Gasteiger partial charge on any atom is -0.468 e. The molecule has 0 radical (unpaired) electrons. The van der Waals surface area contributed by atoms with E-state index < -0.39 is 11.5 Å². The van der Waals surface area contributed by atoms with E-state index in [0.717, 1.165) is 33.3 Å². The number of hydrogen-bond acceptors (Lipinski definition) is 3. The number of carbonyl (C=O) groups is 1. The number of esters is 1. The number of para-hydroxylation sites is 1. The van der Waals surface area contributed by atoms with Gasteiger partial charge >= 0.3 is 5.97 Å². The van der Waals surface area contributed by atoms with Gasteiger partial charge in [0.05, 0.1) is 13.2 Å². The van der Waals surface area contributed by atoms with Crippen molar-refractivity contribution < 1.29 is 9.53 Å². The van der Waals surface area contributed by atoms with Crippen molar-refractivity contribution in [1.29, 1.82) is 0 Å². The van der Waals surface area contributed by atoms with E-state index in [2.05, 4.69) is 22.0 Å². The summed E-state index contributed by atoms with van der Waals surface area (Å²) in [6.07, 6.45) is 2.05. The van der Waals surface area contributed by atoms with Gasteiger partial charge in [0.25, 0.3) is 0 Å². The van der Waals surface area contributed by atoms with Gasteiger partial charge in [0.1, 0.15) is 5.41 Å². The standard InChI is InChI=1S/C31H27ClN2O2/c1-34-21-27(26-15-9-10-16-28(26)34)31(30(35)36-2,23-13-7-4-8-14-23)29(22-11-5-3-6-12-22)33-25-19-17-24(32)18-20-25/h3-21,29,33H,1-2H3. The minimum atomic E-state index is -1.21. The molecule has 0 bridgehead atoms. The Morgan fingerprint density at radius 3 is 2.14 bits per heavy atom. The van der Waals surface area contributed by atoms with Crippen LogP contribution in [0.4, 0.5) is 5.69 Å². The van der Waals surface area contributed by atoms with Crippen molar-refractivity contribution in [3.05, 3.63) is 137 Å². The molecule has 4 aromatic carbocycles. The zero-order valence-electron chi connectivity index (χ0n) is 20.2. The lowest BCUT2D eigenvalue weighted by Gasteiger charge is -2.40. The summed E-state index contributed by atoms with van der Waals surface area (Å²) >= 11 is 6.18. The number of nitrogens with zero attached hydrogens (tertiary/aromatic N) is 1. The van der Waals surface area contributed by atoms with Crippen LogP contribution in [-0.4, -0.2) is 17.6 Å². The highest BCUT2D eigenvalue weighted by Crippen LogP contribution is 2.48. The number of anilines is 1. The Balaban J connectivity index is 1.88. The number of ether oxygens (including phenoxy) is 1. The zero-order valence-corrected chi connectivity index (χ0v) is 20.9. The maximum Gasteiger partial charge on any atom is 0.323 e. The largest absolute Gasteiger partial charge is 0.468 e. The Morgan fingerprint density at radius 1 is 0.861 bits per heavy atom. The van der Waals surface area contributed by atoms with Crippen LogP contribution >= 0.6 is 11.6 Å². The number of hydrogen-bond donors (Lipinski definition) is 1. The molecule has 180 valence electrons. The van der Waals surface area contributed by atoms with Crippen LogP contribution in [0.2, 0.25) is 5.02 Å². The molecule has 0 amide bonds. The smallest absolute Gasteiger partial charge is 0.323 e. The lowest BCUT2D eigenvalue weighted by molar-refractivity contribution is -0.146. The molecule has 5 heteroatoms. The second-order valence-electron chi connectivity index (χ2n) is 8.83. The van der Waals surface area contributed by atoms with E-state index in [0.29, 0.717) is 5.02 Å². The average Bonchev–Trinajstić information content (AvgIpc) is 3.27. The van der Waals surface area contributed by atoms with E-state index in [1.54, 1.807) is 0 Å². The highest BCUT2D eigenvalue weighted by Gasteiger charge is 2.52. The molecule has 1 heterocycles. The lowest BCUT2D eigenvalue weighted by atomic mass is 9.66. The summed E-state index contributed by atoms with van der Waals surface area (Å²) in [6.45, 7) is 0. The first-order chi connectivity index (χ1) is 17.6. The summed E-state index contributed by atoms with van der Waals surface area (Å²) in [6, 6.07) is 35.1. The molecule has 5 aromatic rings. The molecule has 0 saturated carbocycles. The van der Waals surface area contributed by atoms with Crippen LogP contribution in [0.25, 0.3) is 10.9 Å². The van der Waals surface area contributed by atoms with Gasteiger partial charge in [0.2, 0.25) is 0 Å². The number of carbonyl (C=O) groups excluding carboxylic acids is 1. The first kappa shape index (κ1) is 23.7. The van der Waals surface area contributed by atoms with Gasteiger partial charge in [-0.15, -0.1) is 0 Å². The summed E-state index contributed by atoms with van der Waals surface area (Å²) in [5.41, 5.74) is 3.33. The Morgan fingerprint density at radius 2 is 1.47 bits per heavy atom. The molecular formula is C31H27ClN2O2. The van der Waals surface area contributed by atoms with Crippen LogP contribution in [0.15, 0.2) is 115 Å². The van der Waals surface area contributed by atoms with Crippen molar-refractivity contribution in [1.82, 2.24) is 4.57 Å². The molecule has 1 aromatic heterocycles. The Labute approximate surface area is 216 Å². The van der Waals surface area contributed by atoms with Crippen molar-refractivity contribution >= 4 is 34.2 Å². The van der Waals surface area contributed by atoms with E-state index in [-0.39, 0.29) is 5.97 Å². The number of nitrogens with one attached hydrogen (secondary N) is 1. The van der Waals surface area contributed by atoms with E-state index in [9.17, 15) is 4.79 Å². The number of aromatic nitrogens is 1. The molecule has 2 atom stereocenters. The van der Waals surface area contributed by atoms with Gasteiger partial charge in [-0.1, -0.05) is 90.5 Å². The molecule has 0 spiro atoms. The molecule has 4 nitrogen and oxygen atoms in total. The van der Waals surface area contributed by atoms with Crippen LogP contribution in [0.3, 0.4) is 0 Å². The molecule has 0 saturated heterocycles. The highest BCUT2D eigenvalue weighted by molar-refractivity contribution is 6.30. The predicted octanol–water partition coefficient (Wildman–Crippen LogP) is 7.14. The fraction of sp³-hybridized carbons (Fsp3) is 0.129. The fourth-order valence-electron chi connectivity index (χ4n) is 5.14. The lowest BCUT2D eigenvalue weighted by Crippen LogP contribution is -2.46. The Hall–Kier alpha value is -4.02. The summed E-state index contributed by atoms with van der Waals surface area (Å²) < 4.78 is 7.70. The summed E-state index contributed by atoms with van der Waals surface area (Å²) in [5.74, 6) is -0.347. The van der Waals surface area contributed by atoms with Gasteiger partial charge in [-0.05, 0) is 41.5 Å². The van der Waals surface area contributed by atoms with E-state index >= 15 is 0 Å². The van der Waals surface area contributed by atoms with Gasteiger partial charge in [0.15, 0.2) is 0 Å². The van der Waals surface area contributed by atoms with E-state index in [4.69, 9.17) is 16.3 Å². The quantitative estimate of drug-likeness (QED) is 0.244. The molecule has 1 N–H and O–H groups in total. The number of rotatable bonds is 7. The monoisotopic (exact) mass is 494 g/mol. The second-order valence-corrected chi connectivity index (χ2v) is 9.27. The van der Waals surface area contributed by atoms with Gasteiger partial charge < -0.3 is 14.6 Å². The molecule has 2 unspecified atom stereocenters. The zero-order chi connectivity index (χ0) is 25.1. The normalized spacial score (nSPS) is 13.6. The third-order valence-corrected chi connectivity index (χ3v) is 7.03. The van der Waals surface area contributed by atoms with Gasteiger partial charge in [-0.2, -0.15) is 0 Å². The second kappa shape index (κ2) is 9.92. The first-order valence-corrected chi connectivity index (χ1v) is 12.2. The van der Waals surface area contributed by atoms with Crippen molar-refractivity contribution in [3.63, 3.8) is 0 Å². The molecule has 0 aliphatic heterocycles.